The molecule has 12 heavy (non-hydrogen) atoms. The molecule has 0 unspecified atom stereocenters. The van der Waals surface area contributed by atoms with Crippen LogP contribution in [0, 0.1) is 10.5 Å². The van der Waals surface area contributed by atoms with E-state index in [-0.39, 0.29) is 21.2 Å². The van der Waals surface area contributed by atoms with E-state index in [1.807, 2.05) is 0 Å². The molecule has 0 aliphatic heterocycles. The van der Waals surface area contributed by atoms with Gasteiger partial charge in [-0.05, 0) is 0 Å². The van der Waals surface area contributed by atoms with Crippen LogP contribution in [0.5, 0.6) is 0 Å². The summed E-state index contributed by atoms with van der Waals surface area (Å²) in [7, 11) is 0. The molecule has 1 heteroatoms. The van der Waals surface area contributed by atoms with Crippen molar-refractivity contribution in [2.24, 2.45) is 0 Å². The fourth-order valence-corrected chi connectivity index (χ4v) is 4.22. The van der Waals surface area contributed by atoms with Crippen molar-refractivity contribution in [1.29, 1.82) is 0 Å². The minimum absolute atomic E-state index is 0.132. The molecule has 0 aliphatic carbocycles. The van der Waals surface area contributed by atoms with Crippen molar-refractivity contribution < 1.29 is 0 Å². The second-order valence-electron chi connectivity index (χ2n) is 3.02. The topological polar surface area (TPSA) is 0 Å². The molecule has 0 atom stereocenters. The van der Waals surface area contributed by atoms with Gasteiger partial charge in [0.15, 0.2) is 0 Å². The molecule has 1 aromatic carbocycles. The molecule has 0 nitrogen and oxygen atoms in total. The number of alkyl halides is 1. The van der Waals surface area contributed by atoms with Crippen LogP contribution in [0.1, 0.15) is 25.3 Å². The van der Waals surface area contributed by atoms with Gasteiger partial charge in [0.25, 0.3) is 0 Å². The van der Waals surface area contributed by atoms with Crippen LogP contribution in [-0.2, 0) is 0 Å². The predicted molar refractivity (Wildman–Crippen MR) is 65.1 cm³/mol. The summed E-state index contributed by atoms with van der Waals surface area (Å²) in [6.07, 6.45) is 2.76. The van der Waals surface area contributed by atoms with E-state index in [4.69, 9.17) is 0 Å². The predicted octanol–water partition coefficient (Wildman–Crippen LogP) is 3.67. The molecular formula is C11H17I. The molecule has 0 fully saturated rings. The fraction of sp³-hybridized carbons (Fsp3) is 0.455. The monoisotopic (exact) mass is 276 g/mol. The minimum atomic E-state index is 0.132. The Hall–Kier alpha value is -0.0500. The first-order valence-electron chi connectivity index (χ1n) is 4.52. The Bertz CT molecular complexity index is 230. The number of unbranched alkanes of at least 4 members (excludes halogenated alkanes) is 1. The maximum absolute atomic E-state index is 2.35. The third-order valence-electron chi connectivity index (χ3n) is 1.76. The Morgan fingerprint density at radius 3 is 2.83 bits per heavy atom. The molecule has 0 aromatic heterocycles. The van der Waals surface area contributed by atoms with E-state index >= 15 is 0 Å². The van der Waals surface area contributed by atoms with Gasteiger partial charge in [-0.15, -0.1) is 0 Å². The molecule has 0 aliphatic rings. The molecule has 68 valence electrons. The third kappa shape index (κ3) is 3.57. The van der Waals surface area contributed by atoms with Crippen LogP contribution in [0.15, 0.2) is 24.3 Å². The first-order valence-corrected chi connectivity index (χ1v) is 7.33. The van der Waals surface area contributed by atoms with Gasteiger partial charge in [-0.1, -0.05) is 0 Å². The molecular weight excluding hydrogens is 259 g/mol. The maximum atomic E-state index is 2.35. The number of aryl methyl sites for hydroxylation is 1. The second kappa shape index (κ2) is 5.57. The number of benzene rings is 1. The van der Waals surface area contributed by atoms with Gasteiger partial charge in [0, 0.05) is 0 Å². The summed E-state index contributed by atoms with van der Waals surface area (Å²) in [4.78, 5) is 0. The van der Waals surface area contributed by atoms with Gasteiger partial charge < -0.3 is 0 Å². The first kappa shape index (κ1) is 10.0. The number of hydrogen-bond donors (Lipinski definition) is 0. The van der Waals surface area contributed by atoms with Crippen LogP contribution >= 0.6 is 21.2 Å². The normalized spacial score (nSPS) is 10.5. The van der Waals surface area contributed by atoms with Crippen LogP contribution in [0.2, 0.25) is 0 Å². The Morgan fingerprint density at radius 2 is 2.17 bits per heavy atom. The van der Waals surface area contributed by atoms with Crippen LogP contribution in [0.4, 0.5) is 0 Å². The standard InChI is InChI=1S/C11H17I/c1-3-4-8-12-11-7-5-6-10(2)9-11/h5-7,9,12H,3-4,8H2,1-2H3. The number of hydrogen-bond acceptors (Lipinski definition) is 0. The van der Waals surface area contributed by atoms with Crippen molar-refractivity contribution in [1.82, 2.24) is 0 Å². The molecule has 0 radical (unpaired) electrons. The van der Waals surface area contributed by atoms with Crippen LogP contribution in [0.3, 0.4) is 0 Å². The Kier molecular flexibility index (Phi) is 4.66. The molecule has 0 amide bonds. The Labute approximate surface area is 85.6 Å². The zero-order valence-electron chi connectivity index (χ0n) is 7.84. The summed E-state index contributed by atoms with van der Waals surface area (Å²) in [5, 5.41) is 0. The van der Waals surface area contributed by atoms with Crippen molar-refractivity contribution in [2.45, 2.75) is 26.7 Å². The summed E-state index contributed by atoms with van der Waals surface area (Å²) in [6, 6.07) is 8.99. The summed E-state index contributed by atoms with van der Waals surface area (Å²) < 4.78 is 3.08. The summed E-state index contributed by atoms with van der Waals surface area (Å²) in [6.45, 7) is 4.44. The van der Waals surface area contributed by atoms with Crippen molar-refractivity contribution in [3.63, 3.8) is 0 Å². The van der Waals surface area contributed by atoms with Crippen molar-refractivity contribution in [3.8, 4) is 0 Å². The third-order valence-corrected chi connectivity index (χ3v) is 4.84. The number of rotatable bonds is 4. The molecule has 0 saturated carbocycles. The summed E-state index contributed by atoms with van der Waals surface area (Å²) in [5.74, 6) is 0. The van der Waals surface area contributed by atoms with E-state index < -0.39 is 0 Å². The Balaban J connectivity index is 2.41. The molecule has 1 aromatic rings. The van der Waals surface area contributed by atoms with E-state index in [1.54, 1.807) is 3.57 Å². The van der Waals surface area contributed by atoms with Crippen molar-refractivity contribution in [2.75, 3.05) is 4.43 Å². The SMILES string of the molecule is CCCC[IH]c1cccc(C)c1. The van der Waals surface area contributed by atoms with Crippen molar-refractivity contribution >= 4 is 21.2 Å². The molecule has 1 rings (SSSR count). The first-order chi connectivity index (χ1) is 5.83. The average molecular weight is 276 g/mol. The summed E-state index contributed by atoms with van der Waals surface area (Å²) >= 11 is 0.132. The average Bonchev–Trinajstić information content (AvgIpc) is 2.05. The van der Waals surface area contributed by atoms with Gasteiger partial charge in [-0.3, -0.25) is 0 Å². The van der Waals surface area contributed by atoms with Crippen LogP contribution < -0.4 is 0 Å². The molecule has 0 heterocycles. The molecule has 0 spiro atoms. The van der Waals surface area contributed by atoms with Gasteiger partial charge in [0.2, 0.25) is 0 Å². The quantitative estimate of drug-likeness (QED) is 0.447. The van der Waals surface area contributed by atoms with Gasteiger partial charge in [-0.2, -0.15) is 0 Å². The Morgan fingerprint density at radius 1 is 1.33 bits per heavy atom. The van der Waals surface area contributed by atoms with E-state index in [0.717, 1.165) is 0 Å². The second-order valence-corrected chi connectivity index (χ2v) is 6.35. The van der Waals surface area contributed by atoms with E-state index in [1.165, 1.54) is 22.8 Å². The zero-order chi connectivity index (χ0) is 8.81. The molecule has 0 N–H and O–H groups in total. The fourth-order valence-electron chi connectivity index (χ4n) is 1.04. The van der Waals surface area contributed by atoms with Gasteiger partial charge in [0.1, 0.15) is 0 Å². The molecule has 0 bridgehead atoms. The number of halogens is 1. The zero-order valence-corrected chi connectivity index (χ0v) is 10.2. The van der Waals surface area contributed by atoms with Gasteiger partial charge >= 0.3 is 85.7 Å². The van der Waals surface area contributed by atoms with E-state index in [2.05, 4.69) is 38.1 Å². The van der Waals surface area contributed by atoms with Gasteiger partial charge in [0.05, 0.1) is 0 Å². The summed E-state index contributed by atoms with van der Waals surface area (Å²) in [5.41, 5.74) is 1.41. The molecule has 0 saturated heterocycles. The van der Waals surface area contributed by atoms with E-state index in [0.29, 0.717) is 0 Å². The van der Waals surface area contributed by atoms with Crippen LogP contribution in [-0.4, -0.2) is 4.43 Å². The van der Waals surface area contributed by atoms with E-state index in [9.17, 15) is 0 Å². The van der Waals surface area contributed by atoms with Gasteiger partial charge in [-0.25, -0.2) is 0 Å². The van der Waals surface area contributed by atoms with Crippen LogP contribution in [0.25, 0.3) is 0 Å². The van der Waals surface area contributed by atoms with Crippen molar-refractivity contribution in [3.05, 3.63) is 33.4 Å².